The lowest BCUT2D eigenvalue weighted by molar-refractivity contribution is 0.0796. The zero-order chi connectivity index (χ0) is 14.1. The van der Waals surface area contributed by atoms with Crippen molar-refractivity contribution in [2.75, 3.05) is 0 Å². The van der Waals surface area contributed by atoms with Crippen LogP contribution in [0.25, 0.3) is 4.83 Å². The van der Waals surface area contributed by atoms with Gasteiger partial charge in [-0.1, -0.05) is 33.1 Å². The van der Waals surface area contributed by atoms with Gasteiger partial charge in [-0.15, -0.1) is 11.3 Å². The van der Waals surface area contributed by atoms with E-state index in [9.17, 15) is 5.11 Å². The lowest BCUT2D eigenvalue weighted by atomic mass is 9.83. The fourth-order valence-electron chi connectivity index (χ4n) is 3.32. The minimum atomic E-state index is -0.331. The van der Waals surface area contributed by atoms with Crippen molar-refractivity contribution in [1.29, 1.82) is 0 Å². The molecule has 0 aromatic carbocycles. The van der Waals surface area contributed by atoms with Crippen LogP contribution < -0.4 is 0 Å². The summed E-state index contributed by atoms with van der Waals surface area (Å²) >= 11 is 1.80. The van der Waals surface area contributed by atoms with Crippen molar-refractivity contribution in [1.82, 2.24) is 9.38 Å². The predicted octanol–water partition coefficient (Wildman–Crippen LogP) is 4.52. The molecule has 0 radical (unpaired) electrons. The molecule has 1 fully saturated rings. The van der Waals surface area contributed by atoms with Crippen LogP contribution in [0.5, 0.6) is 0 Å². The maximum atomic E-state index is 10.9. The second-order valence-corrected chi connectivity index (χ2v) is 7.17. The summed E-state index contributed by atoms with van der Waals surface area (Å²) in [6.45, 7) is 4.48. The standard InChI is InChI=1S/C16H24N2OS/c1-3-11(2)16-14(18-10-17-9-13(18)20-16)15(19)12-7-5-4-6-8-12/h9-12,15,19H,3-8H2,1-2H3/t11-,15?/m0/s1. The van der Waals surface area contributed by atoms with Gasteiger partial charge in [-0.05, 0) is 31.1 Å². The molecule has 0 spiro atoms. The zero-order valence-corrected chi connectivity index (χ0v) is 13.2. The molecule has 1 unspecified atom stereocenters. The first kappa shape index (κ1) is 14.1. The molecular weight excluding hydrogens is 268 g/mol. The number of rotatable bonds is 4. The summed E-state index contributed by atoms with van der Waals surface area (Å²) in [5, 5.41) is 10.9. The van der Waals surface area contributed by atoms with Gasteiger partial charge in [-0.25, -0.2) is 4.98 Å². The zero-order valence-electron chi connectivity index (χ0n) is 12.4. The summed E-state index contributed by atoms with van der Waals surface area (Å²) < 4.78 is 2.12. The van der Waals surface area contributed by atoms with Crippen LogP contribution in [0.15, 0.2) is 12.5 Å². The van der Waals surface area contributed by atoms with Gasteiger partial charge in [0.15, 0.2) is 0 Å². The van der Waals surface area contributed by atoms with Crippen molar-refractivity contribution in [3.63, 3.8) is 0 Å². The molecular formula is C16H24N2OS. The lowest BCUT2D eigenvalue weighted by Gasteiger charge is -2.27. The second kappa shape index (κ2) is 5.86. The fourth-order valence-corrected chi connectivity index (χ4v) is 4.60. The van der Waals surface area contributed by atoms with Crippen LogP contribution in [0.2, 0.25) is 0 Å². The molecule has 2 aromatic heterocycles. The Morgan fingerprint density at radius 1 is 1.40 bits per heavy atom. The quantitative estimate of drug-likeness (QED) is 0.899. The molecule has 2 atom stereocenters. The van der Waals surface area contributed by atoms with Crippen molar-refractivity contribution in [2.24, 2.45) is 5.92 Å². The van der Waals surface area contributed by atoms with Gasteiger partial charge in [0.05, 0.1) is 18.0 Å². The fraction of sp³-hybridized carbons (Fsp3) is 0.688. The number of imidazole rings is 1. The van der Waals surface area contributed by atoms with Crippen LogP contribution in [0.4, 0.5) is 0 Å². The highest BCUT2D eigenvalue weighted by atomic mass is 32.1. The summed E-state index contributed by atoms with van der Waals surface area (Å²) in [5.74, 6) is 0.930. The van der Waals surface area contributed by atoms with Gasteiger partial charge in [0, 0.05) is 4.88 Å². The summed E-state index contributed by atoms with van der Waals surface area (Å²) in [4.78, 5) is 6.75. The Morgan fingerprint density at radius 2 is 2.15 bits per heavy atom. The highest BCUT2D eigenvalue weighted by molar-refractivity contribution is 7.17. The maximum absolute atomic E-state index is 10.9. The molecule has 0 saturated heterocycles. The van der Waals surface area contributed by atoms with Crippen molar-refractivity contribution in [3.8, 4) is 0 Å². The predicted molar refractivity (Wildman–Crippen MR) is 83.3 cm³/mol. The van der Waals surface area contributed by atoms with Crippen molar-refractivity contribution in [3.05, 3.63) is 23.1 Å². The lowest BCUT2D eigenvalue weighted by Crippen LogP contribution is -2.18. The average Bonchev–Trinajstić information content (AvgIpc) is 3.07. The van der Waals surface area contributed by atoms with E-state index in [0.29, 0.717) is 11.8 Å². The molecule has 1 N–H and O–H groups in total. The van der Waals surface area contributed by atoms with Crippen LogP contribution in [0.3, 0.4) is 0 Å². The first-order valence-corrected chi connectivity index (χ1v) is 8.66. The molecule has 3 nitrogen and oxygen atoms in total. The topological polar surface area (TPSA) is 37.5 Å². The number of hydrogen-bond acceptors (Lipinski definition) is 3. The number of aliphatic hydroxyl groups is 1. The van der Waals surface area contributed by atoms with E-state index in [-0.39, 0.29) is 6.10 Å². The van der Waals surface area contributed by atoms with Gasteiger partial charge in [0.2, 0.25) is 0 Å². The molecule has 0 bridgehead atoms. The molecule has 1 saturated carbocycles. The van der Waals surface area contributed by atoms with Crippen LogP contribution in [-0.4, -0.2) is 14.5 Å². The molecule has 1 aliphatic rings. The molecule has 110 valence electrons. The number of thiazole rings is 1. The Hall–Kier alpha value is -0.870. The third-order valence-corrected chi connectivity index (χ3v) is 6.11. The summed E-state index contributed by atoms with van der Waals surface area (Å²) in [6.07, 6.45) is 10.7. The second-order valence-electron chi connectivity index (χ2n) is 6.11. The molecule has 1 aliphatic carbocycles. The van der Waals surface area contributed by atoms with E-state index in [1.54, 1.807) is 11.3 Å². The molecule has 2 heterocycles. The third kappa shape index (κ3) is 2.40. The summed E-state index contributed by atoms with van der Waals surface area (Å²) in [5.41, 5.74) is 1.11. The Bertz CT molecular complexity index is 568. The molecule has 3 rings (SSSR count). The van der Waals surface area contributed by atoms with Crippen LogP contribution >= 0.6 is 11.3 Å². The van der Waals surface area contributed by atoms with E-state index in [0.717, 1.165) is 29.8 Å². The first-order chi connectivity index (χ1) is 9.72. The van der Waals surface area contributed by atoms with Crippen molar-refractivity contribution in [2.45, 2.75) is 64.4 Å². The SMILES string of the molecule is CC[C@H](C)c1sc2cncn2c1C(O)C1CCCCC1. The molecule has 20 heavy (non-hydrogen) atoms. The van der Waals surface area contributed by atoms with E-state index in [1.165, 1.54) is 24.1 Å². The van der Waals surface area contributed by atoms with Crippen molar-refractivity contribution < 1.29 is 5.11 Å². The van der Waals surface area contributed by atoms with Crippen LogP contribution in [0.1, 0.15) is 75.0 Å². The van der Waals surface area contributed by atoms with E-state index >= 15 is 0 Å². The molecule has 4 heteroatoms. The van der Waals surface area contributed by atoms with E-state index in [1.807, 2.05) is 12.5 Å². The van der Waals surface area contributed by atoms with Gasteiger partial charge >= 0.3 is 0 Å². The number of aromatic nitrogens is 2. The number of hydrogen-bond donors (Lipinski definition) is 1. The Balaban J connectivity index is 2.00. The molecule has 0 aliphatic heterocycles. The molecule has 0 amide bonds. The summed E-state index contributed by atoms with van der Waals surface area (Å²) in [6, 6.07) is 0. The number of fused-ring (bicyclic) bond motifs is 1. The van der Waals surface area contributed by atoms with Gasteiger partial charge in [-0.3, -0.25) is 4.40 Å². The smallest absolute Gasteiger partial charge is 0.120 e. The largest absolute Gasteiger partial charge is 0.387 e. The molecule has 2 aromatic rings. The van der Waals surface area contributed by atoms with Crippen LogP contribution in [-0.2, 0) is 0 Å². The van der Waals surface area contributed by atoms with Gasteiger partial charge < -0.3 is 5.11 Å². The van der Waals surface area contributed by atoms with Crippen molar-refractivity contribution >= 4 is 16.2 Å². The van der Waals surface area contributed by atoms with Gasteiger partial charge in [-0.2, -0.15) is 0 Å². The van der Waals surface area contributed by atoms with Crippen LogP contribution in [0, 0.1) is 5.92 Å². The highest BCUT2D eigenvalue weighted by Crippen LogP contribution is 2.41. The maximum Gasteiger partial charge on any atom is 0.120 e. The summed E-state index contributed by atoms with van der Waals surface area (Å²) in [7, 11) is 0. The number of aliphatic hydroxyl groups excluding tert-OH is 1. The number of nitrogens with zero attached hydrogens (tertiary/aromatic N) is 2. The van der Waals surface area contributed by atoms with E-state index in [4.69, 9.17) is 0 Å². The third-order valence-electron chi connectivity index (χ3n) is 4.77. The normalized spacial score (nSPS) is 20.4. The minimum Gasteiger partial charge on any atom is -0.387 e. The highest BCUT2D eigenvalue weighted by Gasteiger charge is 2.29. The van der Waals surface area contributed by atoms with E-state index < -0.39 is 0 Å². The Morgan fingerprint density at radius 3 is 2.85 bits per heavy atom. The Kier molecular flexibility index (Phi) is 4.13. The van der Waals surface area contributed by atoms with Gasteiger partial charge in [0.1, 0.15) is 11.2 Å². The van der Waals surface area contributed by atoms with E-state index in [2.05, 4.69) is 23.2 Å². The van der Waals surface area contributed by atoms with Gasteiger partial charge in [0.25, 0.3) is 0 Å². The average molecular weight is 292 g/mol. The monoisotopic (exact) mass is 292 g/mol. The minimum absolute atomic E-state index is 0.331. The first-order valence-electron chi connectivity index (χ1n) is 7.85. The Labute approximate surface area is 124 Å².